The predicted octanol–water partition coefficient (Wildman–Crippen LogP) is 0.393. The van der Waals surface area contributed by atoms with Crippen molar-refractivity contribution in [2.24, 2.45) is 11.7 Å². The monoisotopic (exact) mass is 285 g/mol. The Morgan fingerprint density at radius 3 is 2.29 bits per heavy atom. The Hall–Kier alpha value is -2.90. The fourth-order valence-corrected chi connectivity index (χ4v) is 1.90. The first-order chi connectivity index (χ1) is 10.1. The van der Waals surface area contributed by atoms with Gasteiger partial charge in [0.15, 0.2) is 0 Å². The summed E-state index contributed by atoms with van der Waals surface area (Å²) in [6.45, 7) is 0. The molecule has 7 nitrogen and oxygen atoms in total. The lowest BCUT2D eigenvalue weighted by atomic mass is 10.0. The van der Waals surface area contributed by atoms with Crippen LogP contribution in [0.4, 0.5) is 11.4 Å². The Kier molecular flexibility index (Phi) is 4.17. The zero-order valence-corrected chi connectivity index (χ0v) is 11.1. The molecule has 0 aliphatic carbocycles. The molecule has 2 aromatic carbocycles. The smallest absolute Gasteiger partial charge is 0.275 e. The average Bonchev–Trinajstić information content (AvgIpc) is 2.53. The number of anilines is 2. The van der Waals surface area contributed by atoms with Crippen LogP contribution in [-0.4, -0.2) is 11.8 Å². The minimum atomic E-state index is -0.618. The number of nitrogen functional groups attached to an aromatic ring is 2. The van der Waals surface area contributed by atoms with E-state index in [-0.39, 0.29) is 16.8 Å². The molecule has 0 atom stereocenters. The topological polar surface area (TPSA) is 127 Å². The summed E-state index contributed by atoms with van der Waals surface area (Å²) in [5.41, 5.74) is 8.48. The van der Waals surface area contributed by atoms with E-state index in [1.807, 2.05) is 5.43 Å². The van der Waals surface area contributed by atoms with Crippen molar-refractivity contribution in [1.29, 1.82) is 0 Å². The molecule has 21 heavy (non-hydrogen) atoms. The van der Waals surface area contributed by atoms with Crippen LogP contribution in [0.15, 0.2) is 48.5 Å². The van der Waals surface area contributed by atoms with Crippen LogP contribution in [0.1, 0.15) is 20.7 Å². The lowest BCUT2D eigenvalue weighted by Gasteiger charge is -2.19. The summed E-state index contributed by atoms with van der Waals surface area (Å²) in [7, 11) is 0. The summed E-state index contributed by atoms with van der Waals surface area (Å²) in [5, 5.41) is 0.930. The highest BCUT2D eigenvalue weighted by Crippen LogP contribution is 2.21. The molecule has 7 heteroatoms. The summed E-state index contributed by atoms with van der Waals surface area (Å²) in [6, 6.07) is 13.1. The highest BCUT2D eigenvalue weighted by molar-refractivity contribution is 6.15. The number of benzene rings is 2. The van der Waals surface area contributed by atoms with Crippen molar-refractivity contribution in [3.05, 3.63) is 59.7 Å². The van der Waals surface area contributed by atoms with Crippen molar-refractivity contribution in [1.82, 2.24) is 5.43 Å². The van der Waals surface area contributed by atoms with Crippen molar-refractivity contribution >= 4 is 23.2 Å². The van der Waals surface area contributed by atoms with Crippen molar-refractivity contribution < 1.29 is 9.59 Å². The van der Waals surface area contributed by atoms with Gasteiger partial charge in [0.25, 0.3) is 11.8 Å². The summed E-state index contributed by atoms with van der Waals surface area (Å²) < 4.78 is 0. The van der Waals surface area contributed by atoms with Crippen LogP contribution in [0.25, 0.3) is 0 Å². The van der Waals surface area contributed by atoms with Crippen molar-refractivity contribution in [2.45, 2.75) is 0 Å². The lowest BCUT2D eigenvalue weighted by molar-refractivity contribution is 0.0933. The molecule has 0 fully saturated rings. The minimum Gasteiger partial charge on any atom is -0.398 e. The lowest BCUT2D eigenvalue weighted by Crippen LogP contribution is -2.40. The molecule has 0 heterocycles. The Morgan fingerprint density at radius 2 is 1.67 bits per heavy atom. The molecule has 108 valence electrons. The van der Waals surface area contributed by atoms with Crippen LogP contribution in [0, 0.1) is 0 Å². The fraction of sp³-hybridized carbons (Fsp3) is 0. The second-order valence-electron chi connectivity index (χ2n) is 4.25. The zero-order chi connectivity index (χ0) is 15.4. The summed E-state index contributed by atoms with van der Waals surface area (Å²) >= 11 is 0. The number of rotatable bonds is 3. The van der Waals surface area contributed by atoms with E-state index in [0.29, 0.717) is 5.69 Å². The van der Waals surface area contributed by atoms with Gasteiger partial charge in [-0.2, -0.15) is 0 Å². The maximum Gasteiger partial charge on any atom is 0.275 e. The first kappa shape index (κ1) is 14.5. The van der Waals surface area contributed by atoms with Gasteiger partial charge < -0.3 is 5.73 Å². The number of carbonyl (C=O) groups is 2. The maximum atomic E-state index is 12.5. The van der Waals surface area contributed by atoms with Crippen LogP contribution in [0.5, 0.6) is 0 Å². The van der Waals surface area contributed by atoms with E-state index in [4.69, 9.17) is 17.4 Å². The summed E-state index contributed by atoms with van der Waals surface area (Å²) in [4.78, 5) is 24.3. The van der Waals surface area contributed by atoms with Gasteiger partial charge in [-0.1, -0.05) is 24.3 Å². The minimum absolute atomic E-state index is 0.00630. The highest BCUT2D eigenvalue weighted by atomic mass is 16.2. The number of hydrogen-bond acceptors (Lipinski definition) is 5. The molecule has 0 spiro atoms. The van der Waals surface area contributed by atoms with Crippen molar-refractivity contribution in [3.63, 3.8) is 0 Å². The Balaban J connectivity index is 2.46. The highest BCUT2D eigenvalue weighted by Gasteiger charge is 2.23. The maximum absolute atomic E-state index is 12.5. The van der Waals surface area contributed by atoms with Crippen LogP contribution < -0.4 is 27.9 Å². The number of amides is 2. The molecule has 2 aromatic rings. The van der Waals surface area contributed by atoms with E-state index in [2.05, 4.69) is 0 Å². The van der Waals surface area contributed by atoms with Crippen LogP contribution in [0.2, 0.25) is 0 Å². The van der Waals surface area contributed by atoms with E-state index >= 15 is 0 Å². The largest absolute Gasteiger partial charge is 0.398 e. The van der Waals surface area contributed by atoms with Crippen LogP contribution >= 0.6 is 0 Å². The number of nitrogens with zero attached hydrogens (tertiary/aromatic N) is 1. The molecule has 2 amide bonds. The first-order valence-corrected chi connectivity index (χ1v) is 6.10. The Labute approximate surface area is 121 Å². The third kappa shape index (κ3) is 2.83. The van der Waals surface area contributed by atoms with Gasteiger partial charge in [0.2, 0.25) is 0 Å². The Bertz CT molecular complexity index is 672. The molecule has 7 N–H and O–H groups in total. The molecular weight excluding hydrogens is 270 g/mol. The van der Waals surface area contributed by atoms with Crippen molar-refractivity contribution in [2.75, 3.05) is 10.7 Å². The molecule has 0 aromatic heterocycles. The number of hydrogen-bond donors (Lipinski definition) is 4. The van der Waals surface area contributed by atoms with E-state index in [0.717, 1.165) is 5.01 Å². The summed E-state index contributed by atoms with van der Waals surface area (Å²) in [6.07, 6.45) is 0. The SMILES string of the molecule is NNC(=O)c1cccc(N)c1C(=O)N(N)c1ccccc1. The second-order valence-corrected chi connectivity index (χ2v) is 4.25. The number of carbonyl (C=O) groups excluding carboxylic acids is 2. The van der Waals surface area contributed by atoms with Gasteiger partial charge >= 0.3 is 0 Å². The van der Waals surface area contributed by atoms with Gasteiger partial charge in [-0.05, 0) is 24.3 Å². The van der Waals surface area contributed by atoms with E-state index < -0.39 is 11.8 Å². The molecule has 0 aliphatic rings. The van der Waals surface area contributed by atoms with Crippen LogP contribution in [-0.2, 0) is 0 Å². The molecule has 0 radical (unpaired) electrons. The molecule has 0 saturated carbocycles. The zero-order valence-electron chi connectivity index (χ0n) is 11.1. The van der Waals surface area contributed by atoms with Crippen molar-refractivity contribution in [3.8, 4) is 0 Å². The molecule has 0 bridgehead atoms. The van der Waals surface area contributed by atoms with Gasteiger partial charge in [0.05, 0.1) is 16.8 Å². The van der Waals surface area contributed by atoms with Crippen LogP contribution in [0.3, 0.4) is 0 Å². The molecule has 2 rings (SSSR count). The van der Waals surface area contributed by atoms with Gasteiger partial charge in [0.1, 0.15) is 0 Å². The molecule has 0 aliphatic heterocycles. The number of hydrazine groups is 2. The third-order valence-electron chi connectivity index (χ3n) is 2.94. The average molecular weight is 285 g/mol. The Morgan fingerprint density at radius 1 is 1.00 bits per heavy atom. The molecule has 0 saturated heterocycles. The molecular formula is C14H15N5O2. The first-order valence-electron chi connectivity index (χ1n) is 6.10. The van der Waals surface area contributed by atoms with Gasteiger partial charge in [-0.3, -0.25) is 15.0 Å². The number of nitrogens with one attached hydrogen (secondary N) is 1. The fourth-order valence-electron chi connectivity index (χ4n) is 1.90. The van der Waals surface area contributed by atoms with E-state index in [9.17, 15) is 9.59 Å². The second kappa shape index (κ2) is 6.04. The number of para-hydroxylation sites is 1. The summed E-state index contributed by atoms with van der Waals surface area (Å²) in [5.74, 6) is 9.71. The van der Waals surface area contributed by atoms with Gasteiger partial charge in [-0.25, -0.2) is 16.7 Å². The van der Waals surface area contributed by atoms with E-state index in [1.54, 1.807) is 36.4 Å². The molecule has 0 unspecified atom stereocenters. The van der Waals surface area contributed by atoms with Gasteiger partial charge in [0, 0.05) is 5.69 Å². The third-order valence-corrected chi connectivity index (χ3v) is 2.94. The standard InChI is InChI=1S/C14H15N5O2/c15-11-8-4-7-10(13(20)18-16)12(11)14(21)19(17)9-5-2-1-3-6-9/h1-8H,15-17H2,(H,18,20). The predicted molar refractivity (Wildman–Crippen MR) is 79.9 cm³/mol. The quantitative estimate of drug-likeness (QED) is 0.281. The van der Waals surface area contributed by atoms with E-state index in [1.165, 1.54) is 12.1 Å². The normalized spacial score (nSPS) is 10.0. The van der Waals surface area contributed by atoms with Gasteiger partial charge in [-0.15, -0.1) is 0 Å². The number of nitrogens with two attached hydrogens (primary N) is 3.